The van der Waals surface area contributed by atoms with Crippen molar-refractivity contribution in [3.8, 4) is 50.5 Å². The van der Waals surface area contributed by atoms with Gasteiger partial charge in [0.1, 0.15) is 5.82 Å². The van der Waals surface area contributed by atoms with Crippen LogP contribution in [0.1, 0.15) is 25.0 Å². The molecule has 2 heteroatoms. The third-order valence-electron chi connectivity index (χ3n) is 10.8. The maximum Gasteiger partial charge on any atom is 0.146 e. The normalized spacial score (nSPS) is 13.2. The molecule has 0 atom stereocenters. The number of hydrogen-bond acceptors (Lipinski definition) is 1. The summed E-state index contributed by atoms with van der Waals surface area (Å²) in [6, 6.07) is 61.7. The van der Waals surface area contributed by atoms with Crippen LogP contribution in [-0.4, -0.2) is 9.55 Å². The zero-order valence-electron chi connectivity index (χ0n) is 28.1. The third-order valence-corrected chi connectivity index (χ3v) is 10.8. The predicted molar refractivity (Wildman–Crippen MR) is 210 cm³/mol. The molecule has 1 aliphatic rings. The quantitative estimate of drug-likeness (QED) is 0.175. The van der Waals surface area contributed by atoms with E-state index in [2.05, 4.69) is 188 Å². The van der Waals surface area contributed by atoms with E-state index in [-0.39, 0.29) is 5.41 Å². The number of nitrogens with zero attached hydrogens (tertiary/aromatic N) is 2. The van der Waals surface area contributed by atoms with Crippen molar-refractivity contribution in [1.82, 2.24) is 9.55 Å². The highest BCUT2D eigenvalue weighted by Gasteiger charge is 2.36. The fourth-order valence-electron chi connectivity index (χ4n) is 8.41. The molecule has 0 saturated carbocycles. The van der Waals surface area contributed by atoms with E-state index in [1.54, 1.807) is 0 Å². The lowest BCUT2D eigenvalue weighted by atomic mass is 9.80. The molecule has 0 bridgehead atoms. The molecule has 1 aromatic heterocycles. The lowest BCUT2D eigenvalue weighted by molar-refractivity contribution is 0.661. The summed E-state index contributed by atoms with van der Waals surface area (Å²) in [6.45, 7) is 4.74. The zero-order valence-corrected chi connectivity index (χ0v) is 28.1. The van der Waals surface area contributed by atoms with Crippen molar-refractivity contribution in [3.63, 3.8) is 0 Å². The van der Waals surface area contributed by atoms with E-state index in [1.807, 2.05) is 0 Å². The van der Waals surface area contributed by atoms with Crippen LogP contribution in [0.15, 0.2) is 170 Å². The largest absolute Gasteiger partial charge is 0.292 e. The van der Waals surface area contributed by atoms with E-state index in [9.17, 15) is 0 Å². The summed E-state index contributed by atoms with van der Waals surface area (Å²) in [5, 5.41) is 4.88. The van der Waals surface area contributed by atoms with Crippen molar-refractivity contribution in [2.24, 2.45) is 0 Å². The summed E-state index contributed by atoms with van der Waals surface area (Å²) in [6.07, 6.45) is 0. The number of para-hydroxylation sites is 3. The lowest BCUT2D eigenvalue weighted by Crippen LogP contribution is -2.15. The van der Waals surface area contributed by atoms with Crippen molar-refractivity contribution in [1.29, 1.82) is 0 Å². The van der Waals surface area contributed by atoms with Gasteiger partial charge in [-0.1, -0.05) is 147 Å². The van der Waals surface area contributed by atoms with Gasteiger partial charge in [0.25, 0.3) is 0 Å². The van der Waals surface area contributed by atoms with Gasteiger partial charge in [-0.25, -0.2) is 4.98 Å². The van der Waals surface area contributed by atoms with Crippen molar-refractivity contribution in [2.45, 2.75) is 19.3 Å². The van der Waals surface area contributed by atoms with Gasteiger partial charge in [0.05, 0.1) is 11.0 Å². The molecule has 236 valence electrons. The first kappa shape index (κ1) is 28.7. The van der Waals surface area contributed by atoms with Crippen LogP contribution in [0.25, 0.3) is 83.0 Å². The average Bonchev–Trinajstić information content (AvgIpc) is 3.66. The molecular weight excluding hydrogens is 605 g/mol. The molecule has 0 saturated heterocycles. The molecule has 9 aromatic rings. The number of hydrogen-bond donors (Lipinski definition) is 0. The Bertz CT molecular complexity index is 2750. The van der Waals surface area contributed by atoms with Crippen LogP contribution < -0.4 is 0 Å². The van der Waals surface area contributed by atoms with E-state index < -0.39 is 0 Å². The maximum atomic E-state index is 5.44. The second-order valence-electron chi connectivity index (χ2n) is 13.9. The molecule has 0 N–H and O–H groups in total. The molecule has 1 heterocycles. The van der Waals surface area contributed by atoms with E-state index in [0.29, 0.717) is 0 Å². The summed E-state index contributed by atoms with van der Waals surface area (Å²) >= 11 is 0. The summed E-state index contributed by atoms with van der Waals surface area (Å²) in [5.74, 6) is 0.956. The lowest BCUT2D eigenvalue weighted by Gasteiger charge is -2.24. The zero-order chi connectivity index (χ0) is 33.4. The van der Waals surface area contributed by atoms with Crippen molar-refractivity contribution in [2.75, 3.05) is 0 Å². The van der Waals surface area contributed by atoms with E-state index in [4.69, 9.17) is 4.98 Å². The summed E-state index contributed by atoms with van der Waals surface area (Å²) in [5.41, 5.74) is 14.5. The first-order valence-electron chi connectivity index (χ1n) is 17.4. The third kappa shape index (κ3) is 4.18. The van der Waals surface area contributed by atoms with Gasteiger partial charge in [-0.3, -0.25) is 4.57 Å². The highest BCUT2D eigenvalue weighted by Crippen LogP contribution is 2.53. The number of fused-ring (bicyclic) bond motifs is 6. The van der Waals surface area contributed by atoms with E-state index in [1.165, 1.54) is 66.1 Å². The number of benzene rings is 8. The van der Waals surface area contributed by atoms with Gasteiger partial charge in [-0.15, -0.1) is 0 Å². The molecule has 50 heavy (non-hydrogen) atoms. The fourth-order valence-corrected chi connectivity index (χ4v) is 8.41. The summed E-state index contributed by atoms with van der Waals surface area (Å²) in [7, 11) is 0. The monoisotopic (exact) mass is 638 g/mol. The molecule has 2 nitrogen and oxygen atoms in total. The van der Waals surface area contributed by atoms with Crippen molar-refractivity contribution in [3.05, 3.63) is 181 Å². The van der Waals surface area contributed by atoms with Crippen LogP contribution in [-0.2, 0) is 5.41 Å². The molecule has 0 spiro atoms. The minimum absolute atomic E-state index is 0.139. The molecule has 0 aliphatic heterocycles. The second-order valence-corrected chi connectivity index (χ2v) is 13.9. The van der Waals surface area contributed by atoms with Crippen molar-refractivity contribution >= 4 is 32.6 Å². The highest BCUT2D eigenvalue weighted by molar-refractivity contribution is 6.22. The van der Waals surface area contributed by atoms with Gasteiger partial charge in [-0.05, 0) is 102 Å². The molecule has 0 radical (unpaired) electrons. The molecule has 0 unspecified atom stereocenters. The number of imidazole rings is 1. The van der Waals surface area contributed by atoms with Crippen LogP contribution in [0.2, 0.25) is 0 Å². The van der Waals surface area contributed by atoms with Crippen LogP contribution >= 0.6 is 0 Å². The minimum atomic E-state index is -0.139. The first-order valence-corrected chi connectivity index (χ1v) is 17.4. The van der Waals surface area contributed by atoms with Crippen LogP contribution in [0.4, 0.5) is 0 Å². The first-order chi connectivity index (χ1) is 24.6. The van der Waals surface area contributed by atoms with Crippen LogP contribution in [0.5, 0.6) is 0 Å². The second kappa shape index (κ2) is 10.9. The van der Waals surface area contributed by atoms with Gasteiger partial charge >= 0.3 is 0 Å². The molecule has 10 rings (SSSR count). The topological polar surface area (TPSA) is 17.8 Å². The average molecular weight is 639 g/mol. The van der Waals surface area contributed by atoms with Gasteiger partial charge in [0.15, 0.2) is 0 Å². The predicted octanol–water partition coefficient (Wildman–Crippen LogP) is 12.6. The van der Waals surface area contributed by atoms with Gasteiger partial charge in [0, 0.05) is 16.7 Å². The Morgan fingerprint density at radius 1 is 0.440 bits per heavy atom. The van der Waals surface area contributed by atoms with Gasteiger partial charge in [0.2, 0.25) is 0 Å². The van der Waals surface area contributed by atoms with Crippen LogP contribution in [0.3, 0.4) is 0 Å². The smallest absolute Gasteiger partial charge is 0.146 e. The molecule has 0 fully saturated rings. The van der Waals surface area contributed by atoms with Crippen molar-refractivity contribution < 1.29 is 0 Å². The van der Waals surface area contributed by atoms with E-state index >= 15 is 0 Å². The Labute approximate surface area is 291 Å². The molecule has 0 amide bonds. The van der Waals surface area contributed by atoms with E-state index in [0.717, 1.165) is 28.1 Å². The Hall–Kier alpha value is -6.25. The van der Waals surface area contributed by atoms with Gasteiger partial charge < -0.3 is 0 Å². The fraction of sp³-hybridized carbons (Fsp3) is 0.0625. The maximum absolute atomic E-state index is 5.44. The van der Waals surface area contributed by atoms with Crippen LogP contribution in [0, 0.1) is 0 Å². The Kier molecular flexibility index (Phi) is 6.25. The Balaban J connectivity index is 1.36. The number of aromatic nitrogens is 2. The Morgan fingerprint density at radius 3 is 1.80 bits per heavy atom. The van der Waals surface area contributed by atoms with Gasteiger partial charge in [-0.2, -0.15) is 0 Å². The molecule has 8 aromatic carbocycles. The Morgan fingerprint density at radius 2 is 1.02 bits per heavy atom. The SMILES string of the molecule is CC1(C)c2ccccc2-c2cc3c(-c4ccc(-c5ccccc5)cc4)c4ccccc4c(-c4nc5ccccc5n4-c4ccccc4)c3cc21. The highest BCUT2D eigenvalue weighted by atomic mass is 15.1. The molecular formula is C48H34N2. The molecule has 1 aliphatic carbocycles. The minimum Gasteiger partial charge on any atom is -0.292 e. The number of rotatable bonds is 4. The standard InChI is InChI=1S/C48H34N2/c1-48(2)41-22-12-11-19-35(41)38-29-39-40(30-42(38)48)46(47-49-43-23-13-14-24-44(43)50(47)34-17-7-4-8-18-34)37-21-10-9-20-36(37)45(39)33-27-25-32(26-28-33)31-15-5-3-6-16-31/h3-30H,1-2H3. The summed E-state index contributed by atoms with van der Waals surface area (Å²) < 4.78 is 2.35. The summed E-state index contributed by atoms with van der Waals surface area (Å²) in [4.78, 5) is 5.44.